The van der Waals surface area contributed by atoms with Gasteiger partial charge >= 0.3 is 0 Å². The third-order valence-electron chi connectivity index (χ3n) is 7.37. The Balaban J connectivity index is 1.27. The molecule has 2 aliphatic heterocycles. The van der Waals surface area contributed by atoms with Crippen LogP contribution in [0.4, 0.5) is 5.82 Å². The van der Waals surface area contributed by atoms with Crippen molar-refractivity contribution in [2.75, 3.05) is 52.2 Å². The highest BCUT2D eigenvalue weighted by Gasteiger charge is 2.26. The Labute approximate surface area is 212 Å². The van der Waals surface area contributed by atoms with E-state index in [0.29, 0.717) is 24.9 Å². The lowest BCUT2D eigenvalue weighted by Gasteiger charge is -2.26. The molecule has 9 nitrogen and oxygen atoms in total. The molecule has 36 heavy (non-hydrogen) atoms. The van der Waals surface area contributed by atoms with Crippen LogP contribution in [0.1, 0.15) is 29.2 Å². The lowest BCUT2D eigenvalue weighted by molar-refractivity contribution is -0.126. The molecule has 9 heteroatoms. The summed E-state index contributed by atoms with van der Waals surface area (Å²) >= 11 is 0. The molecule has 4 heterocycles. The number of likely N-dealkylation sites (N-methyl/N-ethyl adjacent to an activating group) is 1. The molecule has 0 bridgehead atoms. The number of amides is 1. The van der Waals surface area contributed by atoms with Crippen molar-refractivity contribution in [3.8, 4) is 0 Å². The Morgan fingerprint density at radius 1 is 1.28 bits per heavy atom. The zero-order valence-electron chi connectivity index (χ0n) is 21.0. The zero-order valence-corrected chi connectivity index (χ0v) is 21.0. The summed E-state index contributed by atoms with van der Waals surface area (Å²) in [6.07, 6.45) is 9.14. The highest BCUT2D eigenvalue weighted by atomic mass is 16.3. The van der Waals surface area contributed by atoms with Crippen LogP contribution in [0, 0.1) is 0 Å². The largest absolute Gasteiger partial charge is 0.394 e. The molecule has 2 N–H and O–H groups in total. The molecule has 1 saturated heterocycles. The number of benzene rings is 1. The number of nitrogens with zero attached hydrogens (tertiary/aromatic N) is 6. The summed E-state index contributed by atoms with van der Waals surface area (Å²) in [6.45, 7) is 4.09. The van der Waals surface area contributed by atoms with E-state index >= 15 is 0 Å². The number of anilines is 1. The van der Waals surface area contributed by atoms with Gasteiger partial charge in [0.2, 0.25) is 5.91 Å². The minimum Gasteiger partial charge on any atom is -0.394 e. The van der Waals surface area contributed by atoms with Gasteiger partial charge in [0.25, 0.3) is 0 Å². The minimum absolute atomic E-state index is 0.0492. The predicted molar refractivity (Wildman–Crippen MR) is 140 cm³/mol. The summed E-state index contributed by atoms with van der Waals surface area (Å²) in [5.74, 6) is 0.739. The second kappa shape index (κ2) is 10.8. The fraction of sp³-hybridized carbons (Fsp3) is 0.444. The summed E-state index contributed by atoms with van der Waals surface area (Å²) in [6, 6.07) is 10.2. The van der Waals surface area contributed by atoms with Crippen molar-refractivity contribution in [3.05, 3.63) is 71.7 Å². The number of aliphatic hydroxyl groups is 1. The summed E-state index contributed by atoms with van der Waals surface area (Å²) in [7, 11) is 4.25. The average Bonchev–Trinajstić information content (AvgIpc) is 3.52. The fourth-order valence-electron chi connectivity index (χ4n) is 5.26. The van der Waals surface area contributed by atoms with Gasteiger partial charge in [-0.15, -0.1) is 0 Å². The molecule has 0 spiro atoms. The van der Waals surface area contributed by atoms with Crippen molar-refractivity contribution in [2.45, 2.75) is 31.5 Å². The lowest BCUT2D eigenvalue weighted by Crippen LogP contribution is -2.34. The average molecular weight is 490 g/mol. The molecule has 3 aromatic rings. The molecule has 2 unspecified atom stereocenters. The zero-order chi connectivity index (χ0) is 25.1. The molecule has 0 radical (unpaired) electrons. The van der Waals surface area contributed by atoms with Gasteiger partial charge in [-0.05, 0) is 43.6 Å². The Morgan fingerprint density at radius 3 is 2.86 bits per heavy atom. The van der Waals surface area contributed by atoms with Gasteiger partial charge in [-0.25, -0.2) is 9.50 Å². The van der Waals surface area contributed by atoms with Gasteiger partial charge < -0.3 is 20.2 Å². The highest BCUT2D eigenvalue weighted by Crippen LogP contribution is 2.30. The fourth-order valence-corrected chi connectivity index (χ4v) is 5.26. The Bertz CT molecular complexity index is 1220. The van der Waals surface area contributed by atoms with Gasteiger partial charge in [-0.3, -0.25) is 9.69 Å². The van der Waals surface area contributed by atoms with E-state index in [0.717, 1.165) is 48.3 Å². The van der Waals surface area contributed by atoms with Gasteiger partial charge in [0.1, 0.15) is 11.8 Å². The van der Waals surface area contributed by atoms with E-state index in [1.807, 2.05) is 52.0 Å². The Hall–Kier alpha value is -3.27. The molecule has 1 amide bonds. The van der Waals surface area contributed by atoms with Crippen LogP contribution in [0.15, 0.2) is 55.0 Å². The first kappa shape index (κ1) is 24.4. The van der Waals surface area contributed by atoms with Gasteiger partial charge in [0.05, 0.1) is 12.6 Å². The van der Waals surface area contributed by atoms with E-state index in [1.165, 1.54) is 12.7 Å². The Morgan fingerprint density at radius 2 is 2.11 bits per heavy atom. The quantitative estimate of drug-likeness (QED) is 0.468. The third kappa shape index (κ3) is 5.13. The van der Waals surface area contributed by atoms with Crippen LogP contribution in [0.2, 0.25) is 0 Å². The maximum Gasteiger partial charge on any atom is 0.246 e. The monoisotopic (exact) mass is 489 g/mol. The van der Waals surface area contributed by atoms with E-state index in [1.54, 1.807) is 6.08 Å². The van der Waals surface area contributed by atoms with Crippen molar-refractivity contribution < 1.29 is 9.90 Å². The molecule has 2 aromatic heterocycles. The number of carbonyl (C=O) groups excluding carboxylic acids is 1. The number of nitrogens with one attached hydrogen (secondary N) is 1. The lowest BCUT2D eigenvalue weighted by atomic mass is 10.0. The number of hydrogen-bond acceptors (Lipinski definition) is 7. The number of hydrogen-bond donors (Lipinski definition) is 2. The molecule has 0 aliphatic carbocycles. The summed E-state index contributed by atoms with van der Waals surface area (Å²) in [4.78, 5) is 24.0. The van der Waals surface area contributed by atoms with Gasteiger partial charge in [0, 0.05) is 51.0 Å². The summed E-state index contributed by atoms with van der Waals surface area (Å²) in [5.41, 5.74) is 4.14. The molecule has 2 aliphatic rings. The normalized spacial score (nSPS) is 19.3. The van der Waals surface area contributed by atoms with Crippen molar-refractivity contribution in [1.29, 1.82) is 0 Å². The van der Waals surface area contributed by atoms with E-state index in [2.05, 4.69) is 39.3 Å². The number of rotatable bonds is 8. The van der Waals surface area contributed by atoms with Crippen molar-refractivity contribution in [3.63, 3.8) is 0 Å². The van der Waals surface area contributed by atoms with Crippen LogP contribution >= 0.6 is 0 Å². The molecular formula is C27H35N7O2. The smallest absolute Gasteiger partial charge is 0.246 e. The number of aliphatic hydroxyl groups excluding tert-OH is 1. The SMILES string of the molecule is CN(C)C1CCN(CC=CC(=O)N2CCc3c(cn4ncnc(NC(CO)c5ccccc5)c34)C2)C1. The van der Waals surface area contributed by atoms with Crippen LogP contribution in [0.25, 0.3) is 5.52 Å². The second-order valence-corrected chi connectivity index (χ2v) is 9.90. The number of carbonyl (C=O) groups is 1. The first-order chi connectivity index (χ1) is 17.5. The van der Waals surface area contributed by atoms with E-state index in [9.17, 15) is 9.90 Å². The molecule has 2 atom stereocenters. The van der Waals surface area contributed by atoms with Crippen molar-refractivity contribution >= 4 is 17.2 Å². The molecule has 190 valence electrons. The molecule has 0 saturated carbocycles. The number of likely N-dealkylation sites (tertiary alicyclic amines) is 1. The van der Waals surface area contributed by atoms with E-state index < -0.39 is 0 Å². The molecule has 1 fully saturated rings. The van der Waals surface area contributed by atoms with Crippen LogP contribution in [0.3, 0.4) is 0 Å². The van der Waals surface area contributed by atoms with Gasteiger partial charge in [-0.2, -0.15) is 5.10 Å². The van der Waals surface area contributed by atoms with Gasteiger partial charge in [0.15, 0.2) is 5.82 Å². The van der Waals surface area contributed by atoms with Crippen molar-refractivity contribution in [1.82, 2.24) is 29.3 Å². The first-order valence-electron chi connectivity index (χ1n) is 12.6. The van der Waals surface area contributed by atoms with Crippen LogP contribution < -0.4 is 5.32 Å². The van der Waals surface area contributed by atoms with Crippen LogP contribution in [-0.4, -0.2) is 93.2 Å². The Kier molecular flexibility index (Phi) is 7.31. The predicted octanol–water partition coefficient (Wildman–Crippen LogP) is 1.95. The summed E-state index contributed by atoms with van der Waals surface area (Å²) in [5, 5.41) is 17.8. The number of fused-ring (bicyclic) bond motifs is 3. The van der Waals surface area contributed by atoms with Crippen LogP contribution in [0.5, 0.6) is 0 Å². The maximum absolute atomic E-state index is 12.9. The highest BCUT2D eigenvalue weighted by molar-refractivity contribution is 5.88. The van der Waals surface area contributed by atoms with E-state index in [4.69, 9.17) is 0 Å². The standard InChI is InChI=1S/C27H35N7O2/c1-31(2)22-10-13-32(17-22)12-6-9-25(36)33-14-11-23-21(15-33)16-34-26(23)27(28-19-29-34)30-24(18-35)20-7-4-3-5-8-20/h3-9,16,19,22,24,35H,10-15,17-18H2,1-2H3,(H,28,29,30). The minimum atomic E-state index is -0.272. The third-order valence-corrected chi connectivity index (χ3v) is 7.37. The summed E-state index contributed by atoms with van der Waals surface area (Å²) < 4.78 is 1.83. The molecule has 5 rings (SSSR count). The topological polar surface area (TPSA) is 89.2 Å². The first-order valence-corrected chi connectivity index (χ1v) is 12.6. The molecular weight excluding hydrogens is 454 g/mol. The second-order valence-electron chi connectivity index (χ2n) is 9.90. The maximum atomic E-state index is 12.9. The van der Waals surface area contributed by atoms with Crippen molar-refractivity contribution in [2.24, 2.45) is 0 Å². The molecule has 1 aromatic carbocycles. The van der Waals surface area contributed by atoms with E-state index in [-0.39, 0.29) is 18.6 Å². The van der Waals surface area contributed by atoms with Gasteiger partial charge in [-0.1, -0.05) is 36.4 Å². The van der Waals surface area contributed by atoms with Crippen LogP contribution in [-0.2, 0) is 17.8 Å². The number of aromatic nitrogens is 3.